The summed E-state index contributed by atoms with van der Waals surface area (Å²) in [6.07, 6.45) is 0. The second kappa shape index (κ2) is 9.09. The van der Waals surface area contributed by atoms with E-state index in [2.05, 4.69) is 21.2 Å². The van der Waals surface area contributed by atoms with Crippen LogP contribution in [0, 0.1) is 10.1 Å². The number of hydrogen-bond acceptors (Lipinski definition) is 5. The first-order valence-corrected chi connectivity index (χ1v) is 10.0. The van der Waals surface area contributed by atoms with Gasteiger partial charge in [-0.1, -0.05) is 39.1 Å². The first-order valence-electron chi connectivity index (χ1n) is 8.49. The van der Waals surface area contributed by atoms with Gasteiger partial charge in [0.15, 0.2) is 0 Å². The topological polar surface area (TPSA) is 78.7 Å². The molecule has 1 amide bonds. The molecule has 0 bridgehead atoms. The van der Waals surface area contributed by atoms with Gasteiger partial charge in [0, 0.05) is 41.7 Å². The molecule has 0 spiro atoms. The average molecular weight is 488 g/mol. The summed E-state index contributed by atoms with van der Waals surface area (Å²) < 4.78 is 0.836. The lowest BCUT2D eigenvalue weighted by Crippen LogP contribution is -2.48. The van der Waals surface area contributed by atoms with E-state index in [9.17, 15) is 14.9 Å². The van der Waals surface area contributed by atoms with E-state index in [4.69, 9.17) is 23.2 Å². The van der Waals surface area contributed by atoms with Gasteiger partial charge in [-0.15, -0.1) is 0 Å². The fraction of sp³-hybridized carbons (Fsp3) is 0.278. The van der Waals surface area contributed by atoms with Crippen LogP contribution in [0.3, 0.4) is 0 Å². The maximum Gasteiger partial charge on any atom is 0.294 e. The van der Waals surface area contributed by atoms with E-state index in [-0.39, 0.29) is 18.1 Å². The van der Waals surface area contributed by atoms with Gasteiger partial charge in [0.25, 0.3) is 5.69 Å². The third kappa shape index (κ3) is 5.14. The quantitative estimate of drug-likeness (QED) is 0.498. The molecule has 7 nitrogen and oxygen atoms in total. The van der Waals surface area contributed by atoms with E-state index < -0.39 is 4.92 Å². The number of carbonyl (C=O) groups is 1. The van der Waals surface area contributed by atoms with E-state index >= 15 is 0 Å². The normalized spacial score (nSPS) is 14.8. The van der Waals surface area contributed by atoms with Gasteiger partial charge in [0.2, 0.25) is 5.91 Å². The SMILES string of the molecule is O=C(CN1CCN(c2ccc(Cl)cc2[N+](=O)[O-])CC1)Nc1ccc(Br)cc1Cl. The number of hydrogen-bond donors (Lipinski definition) is 1. The van der Waals surface area contributed by atoms with Gasteiger partial charge in [-0.3, -0.25) is 19.8 Å². The predicted molar refractivity (Wildman–Crippen MR) is 115 cm³/mol. The van der Waals surface area contributed by atoms with E-state index in [1.807, 2.05) is 9.80 Å². The number of nitro groups is 1. The Morgan fingerprint density at radius 1 is 1.14 bits per heavy atom. The van der Waals surface area contributed by atoms with Crippen molar-refractivity contribution in [3.8, 4) is 0 Å². The Kier molecular flexibility index (Phi) is 6.77. The molecule has 1 saturated heterocycles. The molecule has 1 fully saturated rings. The van der Waals surface area contributed by atoms with Crippen LogP contribution < -0.4 is 10.2 Å². The molecule has 2 aromatic carbocycles. The Balaban J connectivity index is 1.57. The highest BCUT2D eigenvalue weighted by Crippen LogP contribution is 2.31. The molecule has 0 unspecified atom stereocenters. The minimum Gasteiger partial charge on any atom is -0.363 e. The summed E-state index contributed by atoms with van der Waals surface area (Å²) >= 11 is 15.3. The maximum absolute atomic E-state index is 12.3. The number of nitrogens with zero attached hydrogens (tertiary/aromatic N) is 3. The number of piperazine rings is 1. The Hall–Kier alpha value is -1.87. The van der Waals surface area contributed by atoms with Crippen molar-refractivity contribution in [3.63, 3.8) is 0 Å². The van der Waals surface area contributed by atoms with Crippen LogP contribution in [-0.2, 0) is 4.79 Å². The number of benzene rings is 2. The lowest BCUT2D eigenvalue weighted by atomic mass is 10.2. The van der Waals surface area contributed by atoms with Crippen LogP contribution in [0.5, 0.6) is 0 Å². The molecule has 1 heterocycles. The van der Waals surface area contributed by atoms with E-state index in [0.29, 0.717) is 47.6 Å². The molecular weight excluding hydrogens is 471 g/mol. The number of anilines is 2. The van der Waals surface area contributed by atoms with Crippen LogP contribution in [0.25, 0.3) is 0 Å². The summed E-state index contributed by atoms with van der Waals surface area (Å²) in [7, 11) is 0. The molecule has 28 heavy (non-hydrogen) atoms. The van der Waals surface area contributed by atoms with E-state index in [1.165, 1.54) is 6.07 Å². The highest BCUT2D eigenvalue weighted by molar-refractivity contribution is 9.10. The molecule has 0 saturated carbocycles. The monoisotopic (exact) mass is 486 g/mol. The fourth-order valence-electron chi connectivity index (χ4n) is 3.04. The van der Waals surface area contributed by atoms with Crippen molar-refractivity contribution in [1.82, 2.24) is 4.90 Å². The summed E-state index contributed by atoms with van der Waals surface area (Å²) in [5, 5.41) is 14.9. The molecule has 1 aliphatic heterocycles. The highest BCUT2D eigenvalue weighted by Gasteiger charge is 2.25. The van der Waals surface area contributed by atoms with Crippen molar-refractivity contribution in [2.45, 2.75) is 0 Å². The second-order valence-corrected chi connectivity index (χ2v) is 8.08. The van der Waals surface area contributed by atoms with Gasteiger partial charge in [-0.05, 0) is 30.3 Å². The van der Waals surface area contributed by atoms with E-state index in [1.54, 1.807) is 30.3 Å². The highest BCUT2D eigenvalue weighted by atomic mass is 79.9. The number of carbonyl (C=O) groups excluding carboxylic acids is 1. The Morgan fingerprint density at radius 3 is 2.50 bits per heavy atom. The van der Waals surface area contributed by atoms with Crippen LogP contribution in [0.1, 0.15) is 0 Å². The first-order chi connectivity index (χ1) is 13.3. The summed E-state index contributed by atoms with van der Waals surface area (Å²) in [6, 6.07) is 9.93. The molecule has 1 N–H and O–H groups in total. The third-order valence-corrected chi connectivity index (χ3v) is 5.46. The smallest absolute Gasteiger partial charge is 0.294 e. The summed E-state index contributed by atoms with van der Waals surface area (Å²) in [5.74, 6) is -0.157. The van der Waals surface area contributed by atoms with Gasteiger partial charge < -0.3 is 10.2 Å². The van der Waals surface area contributed by atoms with Crippen molar-refractivity contribution >= 4 is 62.1 Å². The molecule has 0 radical (unpaired) electrons. The Bertz CT molecular complexity index is 904. The Morgan fingerprint density at radius 2 is 1.86 bits per heavy atom. The van der Waals surface area contributed by atoms with Gasteiger partial charge in [0.1, 0.15) is 5.69 Å². The zero-order valence-electron chi connectivity index (χ0n) is 14.7. The number of halogens is 3. The second-order valence-electron chi connectivity index (χ2n) is 6.33. The third-order valence-electron chi connectivity index (χ3n) is 4.42. The predicted octanol–water partition coefficient (Wildman–Crippen LogP) is 4.42. The minimum absolute atomic E-state index is 0.0106. The van der Waals surface area contributed by atoms with Crippen molar-refractivity contribution in [1.29, 1.82) is 0 Å². The van der Waals surface area contributed by atoms with Gasteiger partial charge in [-0.2, -0.15) is 0 Å². The largest absolute Gasteiger partial charge is 0.363 e. The molecule has 0 aromatic heterocycles. The zero-order valence-corrected chi connectivity index (χ0v) is 17.8. The van der Waals surface area contributed by atoms with Crippen molar-refractivity contribution in [3.05, 3.63) is 61.0 Å². The van der Waals surface area contributed by atoms with Crippen molar-refractivity contribution in [2.24, 2.45) is 0 Å². The van der Waals surface area contributed by atoms with E-state index in [0.717, 1.165) is 4.47 Å². The number of rotatable bonds is 5. The lowest BCUT2D eigenvalue weighted by Gasteiger charge is -2.35. The molecule has 0 atom stereocenters. The fourth-order valence-corrected chi connectivity index (χ4v) is 3.93. The molecule has 3 rings (SSSR count). The zero-order chi connectivity index (χ0) is 20.3. The molecule has 0 aliphatic carbocycles. The average Bonchev–Trinajstić information content (AvgIpc) is 2.65. The number of amides is 1. The summed E-state index contributed by atoms with van der Waals surface area (Å²) in [6.45, 7) is 2.61. The molecule has 2 aromatic rings. The standard InChI is InChI=1S/C18H17BrCl2N4O3/c19-12-1-3-15(14(21)9-12)22-18(26)11-23-5-7-24(8-6-23)16-4-2-13(20)10-17(16)25(27)28/h1-4,9-10H,5-8,11H2,(H,22,26). The molecule has 1 aliphatic rings. The minimum atomic E-state index is -0.428. The van der Waals surface area contributed by atoms with Gasteiger partial charge in [0.05, 0.1) is 22.2 Å². The van der Waals surface area contributed by atoms with Crippen LogP contribution in [0.15, 0.2) is 40.9 Å². The molecule has 10 heteroatoms. The number of nitrogens with one attached hydrogen (secondary N) is 1. The van der Waals surface area contributed by atoms with Crippen molar-refractivity contribution < 1.29 is 9.72 Å². The first kappa shape index (κ1) is 20.9. The number of nitro benzene ring substituents is 1. The van der Waals surface area contributed by atoms with Crippen LogP contribution in [-0.4, -0.2) is 48.5 Å². The van der Waals surface area contributed by atoms with Crippen LogP contribution in [0.4, 0.5) is 17.1 Å². The molecular formula is C18H17BrCl2N4O3. The summed E-state index contributed by atoms with van der Waals surface area (Å²) in [4.78, 5) is 27.1. The lowest BCUT2D eigenvalue weighted by molar-refractivity contribution is -0.384. The molecule has 148 valence electrons. The van der Waals surface area contributed by atoms with Crippen LogP contribution in [0.2, 0.25) is 10.0 Å². The Labute approximate surface area is 180 Å². The maximum atomic E-state index is 12.3. The van der Waals surface area contributed by atoms with Gasteiger partial charge in [-0.25, -0.2) is 0 Å². The van der Waals surface area contributed by atoms with Gasteiger partial charge >= 0.3 is 0 Å². The summed E-state index contributed by atoms with van der Waals surface area (Å²) in [5.41, 5.74) is 1.09. The van der Waals surface area contributed by atoms with Crippen molar-refractivity contribution in [2.75, 3.05) is 42.9 Å². The van der Waals surface area contributed by atoms with Crippen LogP contribution >= 0.6 is 39.1 Å².